The number of carboxylic acids is 1. The van der Waals surface area contributed by atoms with Gasteiger partial charge in [0.1, 0.15) is 17.8 Å². The molecule has 1 fully saturated rings. The first-order chi connectivity index (χ1) is 11.8. The first-order valence-corrected chi connectivity index (χ1v) is 7.09. The molecule has 9 heteroatoms. The Morgan fingerprint density at radius 2 is 1.64 bits per heavy atom. The SMILES string of the molecule is C=C(C(=O)OC)N1C(=O)[C@@H](N2C(=O)c3ccccc3C2=O)[C@H]1C(=O)[O-]. The lowest BCUT2D eigenvalue weighted by Crippen LogP contribution is -2.75. The fourth-order valence-electron chi connectivity index (χ4n) is 2.94. The normalized spacial score (nSPS) is 21.7. The standard InChI is InChI=1S/C16H12N2O7/c1-7(16(24)25-2)17-11(15(22)23)10(14(17)21)18-12(19)8-5-3-4-6-9(8)13(18)20/h3-6,10-11H,1H2,2H3,(H,22,23)/p-1/t10-,11-/m0/s1. The molecule has 2 aliphatic heterocycles. The Labute approximate surface area is 141 Å². The number of amides is 3. The molecular formula is C16H11N2O7-. The van der Waals surface area contributed by atoms with Gasteiger partial charge in [-0.2, -0.15) is 0 Å². The van der Waals surface area contributed by atoms with E-state index < -0.39 is 47.4 Å². The van der Waals surface area contributed by atoms with E-state index in [1.54, 1.807) is 0 Å². The average molecular weight is 343 g/mol. The molecule has 1 aromatic rings. The van der Waals surface area contributed by atoms with Crippen LogP contribution in [0.4, 0.5) is 0 Å². The molecule has 25 heavy (non-hydrogen) atoms. The highest BCUT2D eigenvalue weighted by Crippen LogP contribution is 2.34. The molecule has 3 rings (SSSR count). The molecule has 128 valence electrons. The van der Waals surface area contributed by atoms with Crippen molar-refractivity contribution in [3.8, 4) is 0 Å². The molecule has 0 aliphatic carbocycles. The molecule has 0 saturated carbocycles. The molecule has 2 atom stereocenters. The van der Waals surface area contributed by atoms with Crippen molar-refractivity contribution in [3.63, 3.8) is 0 Å². The highest BCUT2D eigenvalue weighted by molar-refractivity contribution is 6.24. The highest BCUT2D eigenvalue weighted by atomic mass is 16.5. The van der Waals surface area contributed by atoms with Crippen molar-refractivity contribution >= 4 is 29.7 Å². The minimum atomic E-state index is -1.73. The number of ether oxygens (including phenoxy) is 1. The number of likely N-dealkylation sites (tertiary alicyclic amines) is 1. The number of esters is 1. The van der Waals surface area contributed by atoms with Gasteiger partial charge in [0, 0.05) is 0 Å². The maximum atomic E-state index is 12.4. The van der Waals surface area contributed by atoms with Crippen LogP contribution in [0.1, 0.15) is 20.7 Å². The van der Waals surface area contributed by atoms with Crippen LogP contribution in [0.5, 0.6) is 0 Å². The summed E-state index contributed by atoms with van der Waals surface area (Å²) in [6.07, 6.45) is 0. The number of rotatable bonds is 4. The van der Waals surface area contributed by atoms with Crippen LogP contribution < -0.4 is 5.11 Å². The smallest absolute Gasteiger partial charge is 0.354 e. The van der Waals surface area contributed by atoms with Gasteiger partial charge in [0.15, 0.2) is 0 Å². The molecule has 0 bridgehead atoms. The summed E-state index contributed by atoms with van der Waals surface area (Å²) in [5, 5.41) is 11.5. The quantitative estimate of drug-likeness (QED) is 0.276. The first kappa shape index (κ1) is 16.4. The van der Waals surface area contributed by atoms with Gasteiger partial charge in [0.05, 0.1) is 24.2 Å². The molecule has 3 amide bonds. The van der Waals surface area contributed by atoms with E-state index in [-0.39, 0.29) is 11.1 Å². The summed E-state index contributed by atoms with van der Waals surface area (Å²) >= 11 is 0. The zero-order valence-electron chi connectivity index (χ0n) is 12.9. The third-order valence-corrected chi connectivity index (χ3v) is 4.12. The highest BCUT2D eigenvalue weighted by Gasteiger charge is 2.58. The Bertz CT molecular complexity index is 825. The van der Waals surface area contributed by atoms with Crippen molar-refractivity contribution in [2.75, 3.05) is 7.11 Å². The lowest BCUT2D eigenvalue weighted by molar-refractivity contribution is -0.314. The number of carboxylic acid groups (broad SMARTS) is 1. The van der Waals surface area contributed by atoms with E-state index in [9.17, 15) is 29.1 Å². The largest absolute Gasteiger partial charge is 0.548 e. The number of aliphatic carboxylic acids is 1. The van der Waals surface area contributed by atoms with Gasteiger partial charge in [0.25, 0.3) is 17.7 Å². The van der Waals surface area contributed by atoms with Crippen LogP contribution in [0.15, 0.2) is 36.5 Å². The number of carbonyl (C=O) groups excluding carboxylic acids is 5. The Morgan fingerprint density at radius 3 is 2.08 bits per heavy atom. The van der Waals surface area contributed by atoms with Crippen LogP contribution in [0, 0.1) is 0 Å². The van der Waals surface area contributed by atoms with Crippen molar-refractivity contribution in [3.05, 3.63) is 47.7 Å². The number of methoxy groups -OCH3 is 1. The summed E-state index contributed by atoms with van der Waals surface area (Å²) in [4.78, 5) is 61.4. The zero-order valence-corrected chi connectivity index (χ0v) is 12.9. The van der Waals surface area contributed by atoms with Gasteiger partial charge in [0.2, 0.25) is 0 Å². The van der Waals surface area contributed by atoms with Gasteiger partial charge in [-0.25, -0.2) is 4.79 Å². The summed E-state index contributed by atoms with van der Waals surface area (Å²) < 4.78 is 4.41. The summed E-state index contributed by atoms with van der Waals surface area (Å²) in [5.74, 6) is -5.24. The van der Waals surface area contributed by atoms with Crippen LogP contribution in [0.2, 0.25) is 0 Å². The van der Waals surface area contributed by atoms with E-state index in [0.717, 1.165) is 7.11 Å². The predicted molar refractivity (Wildman–Crippen MR) is 77.5 cm³/mol. The number of β-lactam (4-membered cyclic amide) rings is 1. The van der Waals surface area contributed by atoms with Gasteiger partial charge >= 0.3 is 5.97 Å². The van der Waals surface area contributed by atoms with Gasteiger partial charge in [-0.1, -0.05) is 18.7 Å². The van der Waals surface area contributed by atoms with E-state index >= 15 is 0 Å². The van der Waals surface area contributed by atoms with Crippen molar-refractivity contribution in [2.45, 2.75) is 12.1 Å². The predicted octanol–water partition coefficient (Wildman–Crippen LogP) is -1.70. The molecular weight excluding hydrogens is 332 g/mol. The van der Waals surface area contributed by atoms with Crippen molar-refractivity contribution < 1.29 is 33.8 Å². The van der Waals surface area contributed by atoms with Crippen LogP contribution >= 0.6 is 0 Å². The second-order valence-corrected chi connectivity index (χ2v) is 5.38. The molecule has 1 saturated heterocycles. The first-order valence-electron chi connectivity index (χ1n) is 7.09. The molecule has 0 N–H and O–H groups in total. The van der Waals surface area contributed by atoms with E-state index in [2.05, 4.69) is 11.3 Å². The fraction of sp³-hybridized carbons (Fsp3) is 0.188. The Balaban J connectivity index is 1.96. The number of fused-ring (bicyclic) bond motifs is 1. The maximum Gasteiger partial charge on any atom is 0.354 e. The van der Waals surface area contributed by atoms with Crippen molar-refractivity contribution in [1.82, 2.24) is 9.80 Å². The summed E-state index contributed by atoms with van der Waals surface area (Å²) in [7, 11) is 1.04. The molecule has 0 unspecified atom stereocenters. The number of carbonyl (C=O) groups is 5. The van der Waals surface area contributed by atoms with Gasteiger partial charge in [-0.15, -0.1) is 0 Å². The van der Waals surface area contributed by atoms with Crippen LogP contribution in [-0.4, -0.2) is 58.7 Å². The number of benzene rings is 1. The summed E-state index contributed by atoms with van der Waals surface area (Å²) in [5.41, 5.74) is -0.375. The van der Waals surface area contributed by atoms with Crippen LogP contribution in [0.25, 0.3) is 0 Å². The Morgan fingerprint density at radius 1 is 1.12 bits per heavy atom. The van der Waals surface area contributed by atoms with Crippen molar-refractivity contribution in [1.29, 1.82) is 0 Å². The van der Waals surface area contributed by atoms with E-state index in [0.29, 0.717) is 9.80 Å². The minimum absolute atomic E-state index is 0.0719. The van der Waals surface area contributed by atoms with Gasteiger partial charge in [-0.05, 0) is 12.1 Å². The molecule has 0 spiro atoms. The monoisotopic (exact) mass is 343 g/mol. The third kappa shape index (κ3) is 2.12. The molecule has 2 aliphatic rings. The molecule has 0 aromatic heterocycles. The summed E-state index contributed by atoms with van der Waals surface area (Å²) in [6.45, 7) is 3.32. The lowest BCUT2D eigenvalue weighted by Gasteiger charge is -2.49. The number of nitrogens with zero attached hydrogens (tertiary/aromatic N) is 2. The van der Waals surface area contributed by atoms with Crippen LogP contribution in [0.3, 0.4) is 0 Å². The fourth-order valence-corrected chi connectivity index (χ4v) is 2.94. The second-order valence-electron chi connectivity index (χ2n) is 5.38. The minimum Gasteiger partial charge on any atom is -0.548 e. The number of hydrogen-bond donors (Lipinski definition) is 0. The van der Waals surface area contributed by atoms with E-state index in [1.165, 1.54) is 24.3 Å². The lowest BCUT2D eigenvalue weighted by atomic mass is 9.92. The van der Waals surface area contributed by atoms with E-state index in [1.807, 2.05) is 0 Å². The van der Waals surface area contributed by atoms with Gasteiger partial charge in [-0.3, -0.25) is 24.2 Å². The second kappa shape index (κ2) is 5.55. The number of imide groups is 1. The molecule has 9 nitrogen and oxygen atoms in total. The molecule has 2 heterocycles. The third-order valence-electron chi connectivity index (χ3n) is 4.12. The van der Waals surface area contributed by atoms with Gasteiger partial charge < -0.3 is 14.6 Å². The topological polar surface area (TPSA) is 124 Å². The van der Waals surface area contributed by atoms with Crippen LogP contribution in [-0.2, 0) is 19.1 Å². The number of hydrogen-bond acceptors (Lipinski definition) is 7. The maximum absolute atomic E-state index is 12.4. The average Bonchev–Trinajstić information content (AvgIpc) is 2.84. The zero-order chi connectivity index (χ0) is 18.5. The molecule has 1 aromatic carbocycles. The molecule has 0 radical (unpaired) electrons. The summed E-state index contributed by atoms with van der Waals surface area (Å²) in [6, 6.07) is 2.55. The Kier molecular flexibility index (Phi) is 3.63. The van der Waals surface area contributed by atoms with Crippen molar-refractivity contribution in [2.24, 2.45) is 0 Å². The Hall–Kier alpha value is -3.49. The van der Waals surface area contributed by atoms with E-state index in [4.69, 9.17) is 0 Å².